The number of piperazine rings is 1. The Morgan fingerprint density at radius 3 is 2.09 bits per heavy atom. The van der Waals surface area contributed by atoms with Gasteiger partial charge in [0.1, 0.15) is 5.69 Å². The SMILES string of the molecule is Cn1cccc1C(=O)N1CCN(C(=O)Nc2ccc(N3CCC(C(=O)O)CC3)cc2)CC1. The number of hydrogen-bond acceptors (Lipinski definition) is 4. The summed E-state index contributed by atoms with van der Waals surface area (Å²) in [6.07, 6.45) is 3.14. The third kappa shape index (κ3) is 4.71. The van der Waals surface area contributed by atoms with Crippen LogP contribution in [0, 0.1) is 5.92 Å². The van der Waals surface area contributed by atoms with Crippen molar-refractivity contribution in [3.63, 3.8) is 0 Å². The van der Waals surface area contributed by atoms with Crippen LogP contribution in [-0.4, -0.2) is 76.6 Å². The Morgan fingerprint density at radius 2 is 1.53 bits per heavy atom. The average Bonchev–Trinajstić information content (AvgIpc) is 3.25. The van der Waals surface area contributed by atoms with Gasteiger partial charge in [-0.3, -0.25) is 9.59 Å². The fourth-order valence-electron chi connectivity index (χ4n) is 4.30. The van der Waals surface area contributed by atoms with E-state index in [0.29, 0.717) is 63.5 Å². The van der Waals surface area contributed by atoms with E-state index in [2.05, 4.69) is 10.2 Å². The number of aromatic nitrogens is 1. The molecule has 2 aliphatic rings. The number of nitrogens with one attached hydrogen (secondary N) is 1. The van der Waals surface area contributed by atoms with Gasteiger partial charge in [0.05, 0.1) is 5.92 Å². The molecule has 32 heavy (non-hydrogen) atoms. The smallest absolute Gasteiger partial charge is 0.321 e. The maximum absolute atomic E-state index is 12.7. The molecule has 0 aliphatic carbocycles. The maximum atomic E-state index is 12.7. The number of piperidine rings is 1. The van der Waals surface area contributed by atoms with E-state index >= 15 is 0 Å². The number of carbonyl (C=O) groups excluding carboxylic acids is 2. The highest BCUT2D eigenvalue weighted by Gasteiger charge is 2.26. The molecule has 2 saturated heterocycles. The molecule has 9 nitrogen and oxygen atoms in total. The molecule has 0 radical (unpaired) electrons. The number of anilines is 2. The second kappa shape index (κ2) is 9.33. The van der Waals surface area contributed by atoms with Crippen molar-refractivity contribution in [2.75, 3.05) is 49.5 Å². The molecular formula is C23H29N5O4. The summed E-state index contributed by atoms with van der Waals surface area (Å²) < 4.78 is 1.81. The minimum atomic E-state index is -0.715. The molecule has 2 aromatic rings. The van der Waals surface area contributed by atoms with Crippen molar-refractivity contribution in [1.29, 1.82) is 0 Å². The molecule has 170 valence electrons. The lowest BCUT2D eigenvalue weighted by atomic mass is 9.97. The predicted octanol–water partition coefficient (Wildman–Crippen LogP) is 2.32. The van der Waals surface area contributed by atoms with E-state index in [-0.39, 0.29) is 17.9 Å². The number of nitrogens with zero attached hydrogens (tertiary/aromatic N) is 4. The standard InChI is InChI=1S/C23H29N5O4/c1-25-10-2-3-20(25)21(29)27-13-15-28(16-14-27)23(32)24-18-4-6-19(7-5-18)26-11-8-17(9-12-26)22(30)31/h2-7,10,17H,8-9,11-16H2,1H3,(H,24,32)(H,30,31). The lowest BCUT2D eigenvalue weighted by Gasteiger charge is -2.34. The maximum Gasteiger partial charge on any atom is 0.321 e. The molecule has 3 heterocycles. The average molecular weight is 440 g/mol. The zero-order valence-electron chi connectivity index (χ0n) is 18.2. The molecule has 0 bridgehead atoms. The molecule has 1 aromatic carbocycles. The highest BCUT2D eigenvalue weighted by Crippen LogP contribution is 2.25. The van der Waals surface area contributed by atoms with Gasteiger partial charge in [-0.25, -0.2) is 4.79 Å². The topological polar surface area (TPSA) is 98.1 Å². The summed E-state index contributed by atoms with van der Waals surface area (Å²) in [6, 6.07) is 11.1. The summed E-state index contributed by atoms with van der Waals surface area (Å²) in [6.45, 7) is 3.41. The molecule has 0 spiro atoms. The number of carbonyl (C=O) groups is 3. The Bertz CT molecular complexity index is 971. The highest BCUT2D eigenvalue weighted by molar-refractivity contribution is 5.93. The first-order valence-electron chi connectivity index (χ1n) is 11.0. The fourth-order valence-corrected chi connectivity index (χ4v) is 4.30. The molecule has 2 aliphatic heterocycles. The number of rotatable bonds is 4. The minimum Gasteiger partial charge on any atom is -0.481 e. The largest absolute Gasteiger partial charge is 0.481 e. The molecule has 1 aromatic heterocycles. The molecule has 0 saturated carbocycles. The minimum absolute atomic E-state index is 0.0134. The van der Waals surface area contributed by atoms with Gasteiger partial charge in [-0.05, 0) is 49.2 Å². The number of amides is 3. The molecular weight excluding hydrogens is 410 g/mol. The van der Waals surface area contributed by atoms with Gasteiger partial charge in [-0.1, -0.05) is 0 Å². The van der Waals surface area contributed by atoms with Crippen LogP contribution >= 0.6 is 0 Å². The van der Waals surface area contributed by atoms with Crippen LogP contribution < -0.4 is 10.2 Å². The molecule has 2 N–H and O–H groups in total. The van der Waals surface area contributed by atoms with E-state index in [4.69, 9.17) is 5.11 Å². The summed E-state index contributed by atoms with van der Waals surface area (Å²) >= 11 is 0. The molecule has 3 amide bonds. The van der Waals surface area contributed by atoms with Crippen LogP contribution in [0.2, 0.25) is 0 Å². The Labute approximate surface area is 187 Å². The number of hydrogen-bond donors (Lipinski definition) is 2. The lowest BCUT2D eigenvalue weighted by molar-refractivity contribution is -0.142. The van der Waals surface area contributed by atoms with Crippen LogP contribution in [0.5, 0.6) is 0 Å². The molecule has 9 heteroatoms. The quantitative estimate of drug-likeness (QED) is 0.762. The Hall–Kier alpha value is -3.49. The van der Waals surface area contributed by atoms with Gasteiger partial charge < -0.3 is 29.7 Å². The van der Waals surface area contributed by atoms with Crippen LogP contribution in [0.4, 0.5) is 16.2 Å². The van der Waals surface area contributed by atoms with Gasteiger partial charge in [0.2, 0.25) is 0 Å². The van der Waals surface area contributed by atoms with Crippen LogP contribution in [0.15, 0.2) is 42.6 Å². The summed E-state index contributed by atoms with van der Waals surface area (Å²) in [7, 11) is 1.85. The summed E-state index contributed by atoms with van der Waals surface area (Å²) in [4.78, 5) is 42.1. The van der Waals surface area contributed by atoms with Crippen LogP contribution in [0.25, 0.3) is 0 Å². The predicted molar refractivity (Wildman–Crippen MR) is 121 cm³/mol. The van der Waals surface area contributed by atoms with Crippen molar-refractivity contribution in [3.05, 3.63) is 48.3 Å². The van der Waals surface area contributed by atoms with Gasteiger partial charge in [0.25, 0.3) is 5.91 Å². The van der Waals surface area contributed by atoms with Crippen LogP contribution in [0.1, 0.15) is 23.3 Å². The molecule has 0 unspecified atom stereocenters. The van der Waals surface area contributed by atoms with E-state index in [9.17, 15) is 14.4 Å². The normalized spacial score (nSPS) is 17.3. The number of benzene rings is 1. The Balaban J connectivity index is 1.26. The number of carboxylic acid groups (broad SMARTS) is 1. The van der Waals surface area contributed by atoms with Gasteiger partial charge in [-0.15, -0.1) is 0 Å². The van der Waals surface area contributed by atoms with E-state index in [1.165, 1.54) is 0 Å². The van der Waals surface area contributed by atoms with Crippen molar-refractivity contribution in [2.45, 2.75) is 12.8 Å². The monoisotopic (exact) mass is 439 g/mol. The summed E-state index contributed by atoms with van der Waals surface area (Å²) in [5.41, 5.74) is 2.39. The second-order valence-corrected chi connectivity index (χ2v) is 8.36. The van der Waals surface area contributed by atoms with Crippen LogP contribution in [0.3, 0.4) is 0 Å². The zero-order valence-corrected chi connectivity index (χ0v) is 18.2. The number of urea groups is 1. The first kappa shape index (κ1) is 21.7. The van der Waals surface area contributed by atoms with E-state index in [1.54, 1.807) is 20.4 Å². The highest BCUT2D eigenvalue weighted by atomic mass is 16.4. The number of carboxylic acids is 1. The van der Waals surface area contributed by atoms with Gasteiger partial charge in [0.15, 0.2) is 0 Å². The zero-order chi connectivity index (χ0) is 22.7. The number of aryl methyl sites for hydroxylation is 1. The first-order valence-corrected chi connectivity index (χ1v) is 11.0. The summed E-state index contributed by atoms with van der Waals surface area (Å²) in [5.74, 6) is -0.985. The Kier molecular flexibility index (Phi) is 6.34. The van der Waals surface area contributed by atoms with Crippen molar-refractivity contribution < 1.29 is 19.5 Å². The van der Waals surface area contributed by atoms with Gasteiger partial charge in [-0.2, -0.15) is 0 Å². The third-order valence-corrected chi connectivity index (χ3v) is 6.34. The van der Waals surface area contributed by atoms with E-state index in [1.807, 2.05) is 43.6 Å². The second-order valence-electron chi connectivity index (χ2n) is 8.36. The van der Waals surface area contributed by atoms with Crippen LogP contribution in [-0.2, 0) is 11.8 Å². The van der Waals surface area contributed by atoms with Gasteiger partial charge >= 0.3 is 12.0 Å². The van der Waals surface area contributed by atoms with E-state index < -0.39 is 5.97 Å². The van der Waals surface area contributed by atoms with Crippen molar-refractivity contribution in [1.82, 2.24) is 14.4 Å². The first-order chi connectivity index (χ1) is 15.4. The molecule has 4 rings (SSSR count). The molecule has 0 atom stereocenters. The third-order valence-electron chi connectivity index (χ3n) is 6.34. The fraction of sp³-hybridized carbons (Fsp3) is 0.435. The summed E-state index contributed by atoms with van der Waals surface area (Å²) in [5, 5.41) is 12.1. The van der Waals surface area contributed by atoms with Gasteiger partial charge in [0, 0.05) is 63.9 Å². The number of aliphatic carboxylic acids is 1. The van der Waals surface area contributed by atoms with Crippen molar-refractivity contribution in [2.24, 2.45) is 13.0 Å². The van der Waals surface area contributed by atoms with Crippen molar-refractivity contribution >= 4 is 29.3 Å². The molecule has 2 fully saturated rings. The Morgan fingerprint density at radius 1 is 0.906 bits per heavy atom. The lowest BCUT2D eigenvalue weighted by Crippen LogP contribution is -2.51. The van der Waals surface area contributed by atoms with E-state index in [0.717, 1.165) is 5.69 Å². The van der Waals surface area contributed by atoms with Crippen molar-refractivity contribution in [3.8, 4) is 0 Å².